The number of hydrogen-bond donors (Lipinski definition) is 2. The first kappa shape index (κ1) is 8.91. The number of aromatic carboxylic acids is 1. The van der Waals surface area contributed by atoms with Gasteiger partial charge >= 0.3 is 5.97 Å². The lowest BCUT2D eigenvalue weighted by atomic mass is 10.3. The highest BCUT2D eigenvalue weighted by Crippen LogP contribution is 2.15. The smallest absolute Gasteiger partial charge is 0.354 e. The number of rotatable bonds is 2. The zero-order valence-corrected chi connectivity index (χ0v) is 6.30. The molecule has 0 amide bonds. The third kappa shape index (κ3) is 1.89. The van der Waals surface area contributed by atoms with Crippen LogP contribution in [-0.4, -0.2) is 21.0 Å². The van der Waals surface area contributed by atoms with Crippen molar-refractivity contribution in [3.05, 3.63) is 27.9 Å². The third-order valence-electron chi connectivity index (χ3n) is 1.26. The molecule has 1 heterocycles. The zero-order chi connectivity index (χ0) is 10.0. The molecule has 0 atom stereocenters. The Morgan fingerprint density at radius 3 is 2.69 bits per heavy atom. The van der Waals surface area contributed by atoms with Gasteiger partial charge in [0.05, 0.1) is 11.0 Å². The van der Waals surface area contributed by atoms with Crippen molar-refractivity contribution in [2.45, 2.75) is 0 Å². The molecule has 13 heavy (non-hydrogen) atoms. The fraction of sp³-hybridized carbons (Fsp3) is 0. The van der Waals surface area contributed by atoms with E-state index in [1.807, 2.05) is 0 Å². The van der Waals surface area contributed by atoms with Gasteiger partial charge in [-0.2, -0.15) is 0 Å². The number of hydrogen-bond acceptors (Lipinski definition) is 5. The molecule has 0 aliphatic heterocycles. The number of nitrogens with two attached hydrogens (primary N) is 1. The number of nitrogens with zero attached hydrogens (tertiary/aromatic N) is 2. The Kier molecular flexibility index (Phi) is 2.09. The number of pyridine rings is 1. The van der Waals surface area contributed by atoms with Gasteiger partial charge in [0, 0.05) is 6.07 Å². The molecule has 0 spiro atoms. The molecule has 68 valence electrons. The van der Waals surface area contributed by atoms with Gasteiger partial charge in [-0.05, 0) is 0 Å². The molecule has 7 nitrogen and oxygen atoms in total. The van der Waals surface area contributed by atoms with E-state index in [1.165, 1.54) is 0 Å². The van der Waals surface area contributed by atoms with Crippen molar-refractivity contribution in [2.24, 2.45) is 0 Å². The van der Waals surface area contributed by atoms with Gasteiger partial charge in [0.15, 0.2) is 5.69 Å². The zero-order valence-electron chi connectivity index (χ0n) is 6.30. The number of nitrogen functional groups attached to an aromatic ring is 1. The van der Waals surface area contributed by atoms with Crippen molar-refractivity contribution in [2.75, 3.05) is 5.73 Å². The van der Waals surface area contributed by atoms with Crippen LogP contribution in [0.3, 0.4) is 0 Å². The average molecular weight is 183 g/mol. The highest BCUT2D eigenvalue weighted by atomic mass is 16.6. The van der Waals surface area contributed by atoms with Gasteiger partial charge in [0.1, 0.15) is 5.82 Å². The lowest BCUT2D eigenvalue weighted by Gasteiger charge is -1.96. The monoisotopic (exact) mass is 183 g/mol. The van der Waals surface area contributed by atoms with E-state index >= 15 is 0 Å². The van der Waals surface area contributed by atoms with Gasteiger partial charge < -0.3 is 10.8 Å². The fourth-order valence-electron chi connectivity index (χ4n) is 0.752. The first-order valence-electron chi connectivity index (χ1n) is 3.16. The largest absolute Gasteiger partial charge is 0.477 e. The minimum Gasteiger partial charge on any atom is -0.477 e. The van der Waals surface area contributed by atoms with Crippen molar-refractivity contribution < 1.29 is 14.8 Å². The number of carbonyl (C=O) groups is 1. The molecule has 0 aliphatic rings. The van der Waals surface area contributed by atoms with Gasteiger partial charge in [-0.15, -0.1) is 0 Å². The summed E-state index contributed by atoms with van der Waals surface area (Å²) in [7, 11) is 0. The summed E-state index contributed by atoms with van der Waals surface area (Å²) in [4.78, 5) is 23.3. The van der Waals surface area contributed by atoms with Crippen molar-refractivity contribution in [1.29, 1.82) is 0 Å². The van der Waals surface area contributed by atoms with E-state index < -0.39 is 16.6 Å². The molecule has 7 heteroatoms. The minimum absolute atomic E-state index is 0.188. The summed E-state index contributed by atoms with van der Waals surface area (Å²) in [6.07, 6.45) is 0. The molecule has 0 bridgehead atoms. The van der Waals surface area contributed by atoms with Crippen LogP contribution in [0.4, 0.5) is 11.5 Å². The Morgan fingerprint density at radius 1 is 1.62 bits per heavy atom. The SMILES string of the molecule is Nc1cc([N+](=O)[O-])cc(C(=O)O)n1. The molecule has 0 radical (unpaired) electrons. The van der Waals surface area contributed by atoms with Gasteiger partial charge in [0.25, 0.3) is 5.69 Å². The summed E-state index contributed by atoms with van der Waals surface area (Å²) >= 11 is 0. The van der Waals surface area contributed by atoms with Crippen LogP contribution in [0.2, 0.25) is 0 Å². The van der Waals surface area contributed by atoms with E-state index in [1.54, 1.807) is 0 Å². The van der Waals surface area contributed by atoms with Crippen LogP contribution in [0.5, 0.6) is 0 Å². The standard InChI is InChI=1S/C6H5N3O4/c7-5-2-3(9(12)13)1-4(8-5)6(10)11/h1-2H,(H2,7,8)(H,10,11). The third-order valence-corrected chi connectivity index (χ3v) is 1.26. The molecule has 0 saturated carbocycles. The molecule has 0 aromatic carbocycles. The van der Waals surface area contributed by atoms with Crippen molar-refractivity contribution in [3.8, 4) is 0 Å². The van der Waals surface area contributed by atoms with Crippen LogP contribution in [0.1, 0.15) is 10.5 Å². The first-order valence-corrected chi connectivity index (χ1v) is 3.16. The van der Waals surface area contributed by atoms with E-state index in [4.69, 9.17) is 10.8 Å². The van der Waals surface area contributed by atoms with E-state index in [0.29, 0.717) is 0 Å². The Morgan fingerprint density at radius 2 is 2.23 bits per heavy atom. The normalized spacial score (nSPS) is 9.54. The second-order valence-corrected chi connectivity index (χ2v) is 2.20. The quantitative estimate of drug-likeness (QED) is 0.501. The van der Waals surface area contributed by atoms with Crippen LogP contribution < -0.4 is 5.73 Å². The Bertz CT molecular complexity index is 344. The summed E-state index contributed by atoms with van der Waals surface area (Å²) in [6, 6.07) is 1.84. The number of nitro groups is 1. The van der Waals surface area contributed by atoms with E-state index in [2.05, 4.69) is 4.98 Å². The average Bonchev–Trinajstić information content (AvgIpc) is 2.03. The Hall–Kier alpha value is -2.18. The molecule has 3 N–H and O–H groups in total. The fourth-order valence-corrected chi connectivity index (χ4v) is 0.752. The summed E-state index contributed by atoms with van der Waals surface area (Å²) in [5, 5.41) is 18.7. The summed E-state index contributed by atoms with van der Waals surface area (Å²) in [5.74, 6) is -1.54. The summed E-state index contributed by atoms with van der Waals surface area (Å²) in [6.45, 7) is 0. The molecule has 1 rings (SSSR count). The summed E-state index contributed by atoms with van der Waals surface area (Å²) < 4.78 is 0. The van der Waals surface area contributed by atoms with E-state index in [9.17, 15) is 14.9 Å². The molecule has 0 aliphatic carbocycles. The van der Waals surface area contributed by atoms with Crippen LogP contribution in [0.25, 0.3) is 0 Å². The number of aromatic nitrogens is 1. The predicted octanol–water partition coefficient (Wildman–Crippen LogP) is 0.270. The maximum absolute atomic E-state index is 10.4. The molecule has 0 unspecified atom stereocenters. The predicted molar refractivity (Wildman–Crippen MR) is 42.3 cm³/mol. The van der Waals surface area contributed by atoms with Gasteiger partial charge in [-0.3, -0.25) is 10.1 Å². The minimum atomic E-state index is -1.35. The van der Waals surface area contributed by atoms with Crippen molar-refractivity contribution in [3.63, 3.8) is 0 Å². The highest BCUT2D eigenvalue weighted by Gasteiger charge is 2.13. The second-order valence-electron chi connectivity index (χ2n) is 2.20. The van der Waals surface area contributed by atoms with Crippen LogP contribution in [0.15, 0.2) is 12.1 Å². The number of carboxylic acids is 1. The molecule has 1 aromatic rings. The Balaban J connectivity index is 3.26. The summed E-state index contributed by atoms with van der Waals surface area (Å²) in [5.41, 5.74) is 4.33. The van der Waals surface area contributed by atoms with Crippen LogP contribution in [0, 0.1) is 10.1 Å². The number of carboxylic acid groups (broad SMARTS) is 1. The van der Waals surface area contributed by atoms with Gasteiger partial charge in [-0.25, -0.2) is 9.78 Å². The maximum atomic E-state index is 10.4. The van der Waals surface area contributed by atoms with Crippen LogP contribution in [-0.2, 0) is 0 Å². The highest BCUT2D eigenvalue weighted by molar-refractivity contribution is 5.86. The van der Waals surface area contributed by atoms with Crippen LogP contribution >= 0.6 is 0 Å². The topological polar surface area (TPSA) is 119 Å². The first-order chi connectivity index (χ1) is 6.00. The second kappa shape index (κ2) is 3.05. The molecule has 0 fully saturated rings. The maximum Gasteiger partial charge on any atom is 0.354 e. The number of anilines is 1. The Labute approximate surface area is 72.0 Å². The van der Waals surface area contributed by atoms with E-state index in [-0.39, 0.29) is 11.5 Å². The van der Waals surface area contributed by atoms with Crippen molar-refractivity contribution in [1.82, 2.24) is 4.98 Å². The molecular formula is C6H5N3O4. The van der Waals surface area contributed by atoms with Gasteiger partial charge in [-0.1, -0.05) is 0 Å². The molecular weight excluding hydrogens is 178 g/mol. The van der Waals surface area contributed by atoms with Crippen molar-refractivity contribution >= 4 is 17.5 Å². The molecule has 0 saturated heterocycles. The lowest BCUT2D eigenvalue weighted by molar-refractivity contribution is -0.384. The molecule has 1 aromatic heterocycles. The van der Waals surface area contributed by atoms with Gasteiger partial charge in [0.2, 0.25) is 0 Å². The van der Waals surface area contributed by atoms with E-state index in [0.717, 1.165) is 12.1 Å². The lowest BCUT2D eigenvalue weighted by Crippen LogP contribution is -2.04.